The van der Waals surface area contributed by atoms with Crippen molar-refractivity contribution in [3.63, 3.8) is 0 Å². The molecule has 1 atom stereocenters. The summed E-state index contributed by atoms with van der Waals surface area (Å²) in [4.78, 5) is 31.0. The third-order valence-electron chi connectivity index (χ3n) is 4.42. The molecule has 0 saturated heterocycles. The Bertz CT molecular complexity index is 957. The lowest BCUT2D eigenvalue weighted by Gasteiger charge is -2.12. The number of amides is 1. The van der Waals surface area contributed by atoms with Crippen LogP contribution in [-0.4, -0.2) is 28.0 Å². The third kappa shape index (κ3) is 3.37. The van der Waals surface area contributed by atoms with Gasteiger partial charge in [0.25, 0.3) is 5.56 Å². The molecule has 3 N–H and O–H groups in total. The smallest absolute Gasteiger partial charge is 0.263 e. The second-order valence-electron chi connectivity index (χ2n) is 6.29. The van der Waals surface area contributed by atoms with Gasteiger partial charge in [0, 0.05) is 28.4 Å². The summed E-state index contributed by atoms with van der Waals surface area (Å²) in [7, 11) is 0. The Hall–Kier alpha value is -2.03. The minimum absolute atomic E-state index is 0.00332. The average molecular weight is 374 g/mol. The van der Waals surface area contributed by atoms with Crippen LogP contribution < -0.4 is 16.6 Å². The maximum atomic E-state index is 12.8. The van der Waals surface area contributed by atoms with Crippen molar-refractivity contribution in [1.82, 2.24) is 14.9 Å². The number of rotatable bonds is 6. The third-order valence-corrected chi connectivity index (χ3v) is 6.21. The zero-order chi connectivity index (χ0) is 17.4. The summed E-state index contributed by atoms with van der Waals surface area (Å²) >= 11 is 3.02. The van der Waals surface area contributed by atoms with Crippen molar-refractivity contribution in [2.75, 3.05) is 6.54 Å². The van der Waals surface area contributed by atoms with Crippen LogP contribution in [0.4, 0.5) is 0 Å². The first-order chi connectivity index (χ1) is 12.1. The van der Waals surface area contributed by atoms with Crippen LogP contribution in [0, 0.1) is 5.92 Å². The van der Waals surface area contributed by atoms with Crippen LogP contribution in [0.5, 0.6) is 0 Å². The van der Waals surface area contributed by atoms with Crippen LogP contribution in [-0.2, 0) is 11.3 Å². The van der Waals surface area contributed by atoms with Gasteiger partial charge in [0.15, 0.2) is 0 Å². The van der Waals surface area contributed by atoms with Gasteiger partial charge in [-0.1, -0.05) is 6.07 Å². The largest absolute Gasteiger partial charge is 0.353 e. The summed E-state index contributed by atoms with van der Waals surface area (Å²) in [6.45, 7) is 0.408. The maximum absolute atomic E-state index is 12.8. The minimum atomic E-state index is -0.216. The minimum Gasteiger partial charge on any atom is -0.353 e. The second-order valence-corrected chi connectivity index (χ2v) is 8.10. The molecule has 1 fully saturated rings. The van der Waals surface area contributed by atoms with Crippen LogP contribution in [0.1, 0.15) is 12.8 Å². The van der Waals surface area contributed by atoms with Crippen molar-refractivity contribution >= 4 is 38.8 Å². The molecule has 3 aromatic heterocycles. The fourth-order valence-corrected chi connectivity index (χ4v) is 4.55. The predicted octanol–water partition coefficient (Wildman–Crippen LogP) is 2.04. The highest BCUT2D eigenvalue weighted by Gasteiger charge is 2.28. The van der Waals surface area contributed by atoms with Gasteiger partial charge >= 0.3 is 0 Å². The summed E-state index contributed by atoms with van der Waals surface area (Å²) in [5, 5.41) is 7.32. The second kappa shape index (κ2) is 6.70. The number of hydrogen-bond acceptors (Lipinski definition) is 6. The van der Waals surface area contributed by atoms with Crippen molar-refractivity contribution in [2.24, 2.45) is 11.7 Å². The first-order valence-corrected chi connectivity index (χ1v) is 9.92. The quantitative estimate of drug-likeness (QED) is 0.691. The average Bonchev–Trinajstić information content (AvgIpc) is 3.14. The summed E-state index contributed by atoms with van der Waals surface area (Å²) < 4.78 is 1.37. The van der Waals surface area contributed by atoms with Crippen molar-refractivity contribution in [3.05, 3.63) is 39.6 Å². The van der Waals surface area contributed by atoms with Crippen molar-refractivity contribution in [3.8, 4) is 10.4 Å². The summed E-state index contributed by atoms with van der Waals surface area (Å²) in [6.07, 6.45) is 3.72. The zero-order valence-electron chi connectivity index (χ0n) is 13.5. The molecule has 1 unspecified atom stereocenters. The molecule has 3 aromatic rings. The Kier molecular flexibility index (Phi) is 4.41. The maximum Gasteiger partial charge on any atom is 0.263 e. The molecule has 4 rings (SSSR count). The molecule has 1 amide bonds. The molecule has 0 radical (unpaired) electrons. The van der Waals surface area contributed by atoms with Gasteiger partial charge in [0.2, 0.25) is 5.91 Å². The van der Waals surface area contributed by atoms with Gasteiger partial charge in [-0.15, -0.1) is 22.7 Å². The van der Waals surface area contributed by atoms with E-state index in [1.165, 1.54) is 22.2 Å². The standard InChI is InChI=1S/C17H18N4O2S2/c18-12(10-3-4-10)6-19-14(22)7-21-9-20-16-15(17(21)23)11(8-25-16)13-2-1-5-24-13/h1-2,5,8-10,12H,3-4,6-7,18H2,(H,19,22). The van der Waals surface area contributed by atoms with E-state index in [1.54, 1.807) is 11.3 Å². The Balaban J connectivity index is 1.55. The van der Waals surface area contributed by atoms with Gasteiger partial charge in [-0.25, -0.2) is 4.98 Å². The Labute approximate surface area is 152 Å². The zero-order valence-corrected chi connectivity index (χ0v) is 15.1. The lowest BCUT2D eigenvalue weighted by atomic mass is 10.2. The number of fused-ring (bicyclic) bond motifs is 1. The van der Waals surface area contributed by atoms with Gasteiger partial charge in [-0.3, -0.25) is 14.2 Å². The fraction of sp³-hybridized carbons (Fsp3) is 0.353. The van der Waals surface area contributed by atoms with Crippen LogP contribution >= 0.6 is 22.7 Å². The molecule has 0 aromatic carbocycles. The van der Waals surface area contributed by atoms with E-state index in [0.717, 1.165) is 23.3 Å². The van der Waals surface area contributed by atoms with Gasteiger partial charge in [-0.2, -0.15) is 0 Å². The normalized spacial score (nSPS) is 15.4. The van der Waals surface area contributed by atoms with Crippen LogP contribution in [0.15, 0.2) is 34.0 Å². The molecule has 8 heteroatoms. The Morgan fingerprint density at radius 2 is 2.28 bits per heavy atom. The molecule has 1 aliphatic carbocycles. The predicted molar refractivity (Wildman–Crippen MR) is 101 cm³/mol. The molecule has 130 valence electrons. The van der Waals surface area contributed by atoms with E-state index in [0.29, 0.717) is 22.7 Å². The Morgan fingerprint density at radius 1 is 1.44 bits per heavy atom. The van der Waals surface area contributed by atoms with E-state index < -0.39 is 0 Å². The van der Waals surface area contributed by atoms with Gasteiger partial charge in [0.1, 0.15) is 11.4 Å². The number of hydrogen-bond donors (Lipinski definition) is 2. The first-order valence-electron chi connectivity index (χ1n) is 8.16. The number of carbonyl (C=O) groups is 1. The van der Waals surface area contributed by atoms with E-state index in [1.807, 2.05) is 22.9 Å². The van der Waals surface area contributed by atoms with Crippen LogP contribution in [0.2, 0.25) is 0 Å². The monoisotopic (exact) mass is 374 g/mol. The highest BCUT2D eigenvalue weighted by atomic mass is 32.1. The molecule has 3 heterocycles. The number of nitrogens with one attached hydrogen (secondary N) is 1. The van der Waals surface area contributed by atoms with Crippen molar-refractivity contribution in [2.45, 2.75) is 25.4 Å². The molecule has 1 aliphatic rings. The number of nitrogens with two attached hydrogens (primary N) is 1. The number of nitrogens with zero attached hydrogens (tertiary/aromatic N) is 2. The van der Waals surface area contributed by atoms with Crippen molar-refractivity contribution in [1.29, 1.82) is 0 Å². The highest BCUT2D eigenvalue weighted by Crippen LogP contribution is 2.33. The summed E-state index contributed by atoms with van der Waals surface area (Å²) in [6, 6.07) is 3.94. The van der Waals surface area contributed by atoms with Gasteiger partial charge in [-0.05, 0) is 30.2 Å². The lowest BCUT2D eigenvalue weighted by molar-refractivity contribution is -0.121. The molecular formula is C17H18N4O2S2. The SMILES string of the molecule is NC(CNC(=O)Cn1cnc2scc(-c3cccs3)c2c1=O)C1CC1. The van der Waals surface area contributed by atoms with Crippen LogP contribution in [0.3, 0.4) is 0 Å². The van der Waals surface area contributed by atoms with Crippen molar-refractivity contribution < 1.29 is 4.79 Å². The van der Waals surface area contributed by atoms with Gasteiger partial charge in [0.05, 0.1) is 11.7 Å². The van der Waals surface area contributed by atoms with E-state index in [9.17, 15) is 9.59 Å². The number of thiophene rings is 2. The molecule has 1 saturated carbocycles. The van der Waals surface area contributed by atoms with Gasteiger partial charge < -0.3 is 11.1 Å². The van der Waals surface area contributed by atoms with E-state index in [2.05, 4.69) is 10.3 Å². The van der Waals surface area contributed by atoms with Crippen LogP contribution in [0.25, 0.3) is 20.7 Å². The molecular weight excluding hydrogens is 356 g/mol. The number of aromatic nitrogens is 2. The molecule has 0 bridgehead atoms. The molecule has 0 aliphatic heterocycles. The lowest BCUT2D eigenvalue weighted by Crippen LogP contribution is -2.41. The molecule has 0 spiro atoms. The van der Waals surface area contributed by atoms with E-state index in [-0.39, 0.29) is 24.1 Å². The Morgan fingerprint density at radius 3 is 3.00 bits per heavy atom. The number of carbonyl (C=O) groups excluding carboxylic acids is 1. The highest BCUT2D eigenvalue weighted by molar-refractivity contribution is 7.18. The fourth-order valence-electron chi connectivity index (χ4n) is 2.83. The van der Waals surface area contributed by atoms with E-state index >= 15 is 0 Å². The summed E-state index contributed by atoms with van der Waals surface area (Å²) in [5.41, 5.74) is 6.70. The molecule has 25 heavy (non-hydrogen) atoms. The topological polar surface area (TPSA) is 90.0 Å². The summed E-state index contributed by atoms with van der Waals surface area (Å²) in [5.74, 6) is 0.312. The first kappa shape index (κ1) is 16.4. The molecule has 6 nitrogen and oxygen atoms in total. The van der Waals surface area contributed by atoms with E-state index in [4.69, 9.17) is 5.73 Å².